The number of ether oxygens (including phenoxy) is 1. The topological polar surface area (TPSA) is 57.2 Å². The van der Waals surface area contributed by atoms with Crippen LogP contribution in [0, 0.1) is 6.92 Å². The zero-order valence-corrected chi connectivity index (χ0v) is 7.49. The lowest BCUT2D eigenvalue weighted by molar-refractivity contribution is 0.0184. The average molecular weight is 180 g/mol. The monoisotopic (exact) mass is 180 g/mol. The molecule has 2 rings (SSSR count). The normalized spacial score (nSPS) is 21.1. The maximum Gasteiger partial charge on any atom is 0.355 e. The van der Waals surface area contributed by atoms with Crippen molar-refractivity contribution in [3.8, 4) is 0 Å². The largest absolute Gasteiger partial charge is 0.454 e. The molecule has 4 nitrogen and oxygen atoms in total. The Morgan fingerprint density at radius 3 is 3.15 bits per heavy atom. The van der Waals surface area contributed by atoms with E-state index < -0.39 is 0 Å². The van der Waals surface area contributed by atoms with E-state index in [1.54, 1.807) is 6.07 Å². The van der Waals surface area contributed by atoms with Crippen molar-refractivity contribution < 1.29 is 9.53 Å². The van der Waals surface area contributed by atoms with E-state index in [0.29, 0.717) is 18.8 Å². The molecule has 0 fully saturated rings. The highest BCUT2D eigenvalue weighted by Gasteiger charge is 2.25. The van der Waals surface area contributed by atoms with Crippen molar-refractivity contribution in [3.05, 3.63) is 23.5 Å². The third-order valence-electron chi connectivity index (χ3n) is 2.33. The van der Waals surface area contributed by atoms with Gasteiger partial charge in [0.1, 0.15) is 11.8 Å². The minimum absolute atomic E-state index is 0.175. The predicted octanol–water partition coefficient (Wildman–Crippen LogP) is 0.294. The van der Waals surface area contributed by atoms with Gasteiger partial charge in [-0.15, -0.1) is 0 Å². The van der Waals surface area contributed by atoms with Gasteiger partial charge in [0, 0.05) is 12.2 Å². The highest BCUT2D eigenvalue weighted by atomic mass is 16.5. The first kappa shape index (κ1) is 8.31. The molecule has 1 aromatic rings. The van der Waals surface area contributed by atoms with Crippen LogP contribution in [0.3, 0.4) is 0 Å². The fourth-order valence-electron chi connectivity index (χ4n) is 1.57. The average Bonchev–Trinajstić information content (AvgIpc) is 2.48. The molecular weight excluding hydrogens is 168 g/mol. The van der Waals surface area contributed by atoms with E-state index in [9.17, 15) is 4.79 Å². The van der Waals surface area contributed by atoms with Crippen LogP contribution in [0.5, 0.6) is 0 Å². The summed E-state index contributed by atoms with van der Waals surface area (Å²) in [6, 6.07) is 3.69. The number of hydrogen-bond acceptors (Lipinski definition) is 3. The van der Waals surface area contributed by atoms with Crippen molar-refractivity contribution in [1.82, 2.24) is 4.57 Å². The second-order valence-electron chi connectivity index (χ2n) is 3.23. The van der Waals surface area contributed by atoms with Crippen molar-refractivity contribution in [2.45, 2.75) is 19.6 Å². The zero-order valence-electron chi connectivity index (χ0n) is 7.49. The van der Waals surface area contributed by atoms with Crippen LogP contribution in [0.15, 0.2) is 12.1 Å². The molecule has 0 spiro atoms. The van der Waals surface area contributed by atoms with Crippen LogP contribution < -0.4 is 5.73 Å². The number of aromatic nitrogens is 1. The maximum atomic E-state index is 11.4. The summed E-state index contributed by atoms with van der Waals surface area (Å²) in [6.07, 6.45) is -0.175. The lowest BCUT2D eigenvalue weighted by atomic mass is 10.3. The van der Waals surface area contributed by atoms with Crippen LogP contribution in [0.4, 0.5) is 0 Å². The molecule has 4 heteroatoms. The number of esters is 1. The molecule has 0 aromatic carbocycles. The fraction of sp³-hybridized carbons (Fsp3) is 0.444. The lowest BCUT2D eigenvalue weighted by Gasteiger charge is -2.24. The van der Waals surface area contributed by atoms with Crippen molar-refractivity contribution in [2.75, 3.05) is 6.54 Å². The van der Waals surface area contributed by atoms with Crippen LogP contribution in [-0.2, 0) is 11.3 Å². The molecule has 13 heavy (non-hydrogen) atoms. The van der Waals surface area contributed by atoms with E-state index in [2.05, 4.69) is 0 Å². The quantitative estimate of drug-likeness (QED) is 0.632. The van der Waals surface area contributed by atoms with Crippen LogP contribution in [-0.4, -0.2) is 23.2 Å². The Balaban J connectivity index is 2.39. The first-order chi connectivity index (χ1) is 6.22. The summed E-state index contributed by atoms with van der Waals surface area (Å²) in [7, 11) is 0. The molecule has 0 radical (unpaired) electrons. The third-order valence-corrected chi connectivity index (χ3v) is 2.33. The van der Waals surface area contributed by atoms with E-state index in [1.165, 1.54) is 0 Å². The van der Waals surface area contributed by atoms with Crippen LogP contribution in [0.25, 0.3) is 0 Å². The minimum atomic E-state index is -0.269. The molecule has 70 valence electrons. The van der Waals surface area contributed by atoms with E-state index in [-0.39, 0.29) is 12.1 Å². The molecule has 1 aliphatic heterocycles. The number of nitrogens with two attached hydrogens (primary N) is 1. The second kappa shape index (κ2) is 2.88. The summed E-state index contributed by atoms with van der Waals surface area (Å²) in [4.78, 5) is 11.4. The van der Waals surface area contributed by atoms with E-state index >= 15 is 0 Å². The predicted molar refractivity (Wildman–Crippen MR) is 47.4 cm³/mol. The Kier molecular flexibility index (Phi) is 1.84. The smallest absolute Gasteiger partial charge is 0.355 e. The van der Waals surface area contributed by atoms with Crippen molar-refractivity contribution in [1.29, 1.82) is 0 Å². The van der Waals surface area contributed by atoms with E-state index in [1.807, 2.05) is 17.6 Å². The van der Waals surface area contributed by atoms with E-state index in [4.69, 9.17) is 10.5 Å². The van der Waals surface area contributed by atoms with Gasteiger partial charge in [-0.3, -0.25) is 0 Å². The van der Waals surface area contributed by atoms with Gasteiger partial charge >= 0.3 is 5.97 Å². The van der Waals surface area contributed by atoms with Gasteiger partial charge in [0.15, 0.2) is 0 Å². The maximum absolute atomic E-state index is 11.4. The highest BCUT2D eigenvalue weighted by Crippen LogP contribution is 2.17. The molecule has 2 N–H and O–H groups in total. The van der Waals surface area contributed by atoms with Gasteiger partial charge in [-0.1, -0.05) is 0 Å². The fourth-order valence-corrected chi connectivity index (χ4v) is 1.57. The number of nitrogens with zero attached hydrogens (tertiary/aromatic N) is 1. The number of cyclic esters (lactones) is 1. The molecule has 1 aliphatic rings. The summed E-state index contributed by atoms with van der Waals surface area (Å²) < 4.78 is 7.04. The van der Waals surface area contributed by atoms with Gasteiger partial charge in [-0.2, -0.15) is 0 Å². The number of fused-ring (bicyclic) bond motifs is 1. The van der Waals surface area contributed by atoms with Crippen molar-refractivity contribution >= 4 is 5.97 Å². The van der Waals surface area contributed by atoms with Gasteiger partial charge in [-0.25, -0.2) is 4.79 Å². The molecule has 1 aromatic heterocycles. The molecule has 1 unspecified atom stereocenters. The van der Waals surface area contributed by atoms with Crippen LogP contribution in [0.1, 0.15) is 16.2 Å². The Hall–Kier alpha value is -1.29. The lowest BCUT2D eigenvalue weighted by Crippen LogP contribution is -2.37. The Bertz CT molecular complexity index is 343. The van der Waals surface area contributed by atoms with Crippen molar-refractivity contribution in [2.24, 2.45) is 5.73 Å². The summed E-state index contributed by atoms with van der Waals surface area (Å²) >= 11 is 0. The van der Waals surface area contributed by atoms with E-state index in [0.717, 1.165) is 5.69 Å². The number of carbonyl (C=O) groups is 1. The van der Waals surface area contributed by atoms with Crippen LogP contribution in [0.2, 0.25) is 0 Å². The molecule has 0 saturated carbocycles. The highest BCUT2D eigenvalue weighted by molar-refractivity contribution is 5.88. The van der Waals surface area contributed by atoms with Crippen LogP contribution >= 0.6 is 0 Å². The van der Waals surface area contributed by atoms with Gasteiger partial charge in [-0.05, 0) is 19.1 Å². The molecular formula is C9H12N2O2. The molecule has 0 amide bonds. The Morgan fingerprint density at radius 1 is 1.69 bits per heavy atom. The summed E-state index contributed by atoms with van der Waals surface area (Å²) in [6.45, 7) is 3.02. The SMILES string of the molecule is Cc1ccc2n1CC(CN)OC2=O. The first-order valence-corrected chi connectivity index (χ1v) is 4.29. The Labute approximate surface area is 76.3 Å². The van der Waals surface area contributed by atoms with Gasteiger partial charge in [0.2, 0.25) is 0 Å². The molecule has 2 heterocycles. The summed E-state index contributed by atoms with van der Waals surface area (Å²) in [5.74, 6) is -0.269. The number of aryl methyl sites for hydroxylation is 1. The van der Waals surface area contributed by atoms with Gasteiger partial charge < -0.3 is 15.0 Å². The van der Waals surface area contributed by atoms with Gasteiger partial charge in [0.25, 0.3) is 0 Å². The summed E-state index contributed by atoms with van der Waals surface area (Å²) in [5, 5.41) is 0. The van der Waals surface area contributed by atoms with Gasteiger partial charge in [0.05, 0.1) is 6.54 Å². The number of hydrogen-bond donors (Lipinski definition) is 1. The molecule has 0 aliphatic carbocycles. The molecule has 0 bridgehead atoms. The van der Waals surface area contributed by atoms with Crippen molar-refractivity contribution in [3.63, 3.8) is 0 Å². The number of rotatable bonds is 1. The second-order valence-corrected chi connectivity index (χ2v) is 3.23. The standard InChI is InChI=1S/C9H12N2O2/c1-6-2-3-8-9(12)13-7(4-10)5-11(6)8/h2-3,7H,4-5,10H2,1H3. The molecule has 1 atom stereocenters. The number of carbonyl (C=O) groups excluding carboxylic acids is 1. The zero-order chi connectivity index (χ0) is 9.42. The first-order valence-electron chi connectivity index (χ1n) is 4.29. The third kappa shape index (κ3) is 1.23. The Morgan fingerprint density at radius 2 is 2.46 bits per heavy atom. The minimum Gasteiger partial charge on any atom is -0.454 e. The summed E-state index contributed by atoms with van der Waals surface area (Å²) in [5.41, 5.74) is 7.15. The molecule has 0 saturated heterocycles.